The van der Waals surface area contributed by atoms with E-state index >= 15 is 4.39 Å². The fourth-order valence-corrected chi connectivity index (χ4v) is 6.03. The first kappa shape index (κ1) is 27.0. The SMILES string of the molecule is COc1ccc(F)c(-c2ccc(COc3cccc([C@@H](CC(=O)O)C4CCC4)c3)cc2C2=CCCC2(C)C)c1. The third kappa shape index (κ3) is 5.88. The zero-order chi connectivity index (χ0) is 27.6. The maximum absolute atomic E-state index is 15.1. The first-order valence-corrected chi connectivity index (χ1v) is 13.9. The molecule has 0 heterocycles. The highest BCUT2D eigenvalue weighted by Crippen LogP contribution is 2.47. The van der Waals surface area contributed by atoms with Crippen molar-refractivity contribution in [1.29, 1.82) is 0 Å². The molecule has 0 aliphatic heterocycles. The summed E-state index contributed by atoms with van der Waals surface area (Å²) in [7, 11) is 1.59. The van der Waals surface area contributed by atoms with E-state index in [4.69, 9.17) is 9.47 Å². The lowest BCUT2D eigenvalue weighted by molar-refractivity contribution is -0.138. The number of aliphatic carboxylic acids is 1. The standard InChI is InChI=1S/C34H37FO4/c1-34(2)16-6-11-31(34)29-17-22(12-14-27(29)30-19-25(38-3)13-15-32(30)35)21-39-26-10-5-9-24(18-26)28(20-33(36)37)23-7-4-8-23/h5,9-15,17-19,23,28H,4,6-8,16,20-21H2,1-3H3,(H,36,37)/t28-/m0/s1. The van der Waals surface area contributed by atoms with E-state index in [1.807, 2.05) is 36.4 Å². The molecule has 1 N–H and O–H groups in total. The molecule has 3 aromatic rings. The Morgan fingerprint density at radius 3 is 2.51 bits per heavy atom. The molecule has 4 nitrogen and oxygen atoms in total. The number of allylic oxidation sites excluding steroid dienone is 2. The Morgan fingerprint density at radius 2 is 1.85 bits per heavy atom. The molecule has 0 spiro atoms. The summed E-state index contributed by atoms with van der Waals surface area (Å²) < 4.78 is 26.7. The van der Waals surface area contributed by atoms with Crippen LogP contribution >= 0.6 is 0 Å². The summed E-state index contributed by atoms with van der Waals surface area (Å²) in [5, 5.41) is 9.47. The number of hydrogen-bond acceptors (Lipinski definition) is 3. The fourth-order valence-electron chi connectivity index (χ4n) is 6.03. The largest absolute Gasteiger partial charge is 0.497 e. The predicted molar refractivity (Wildman–Crippen MR) is 152 cm³/mol. The smallest absolute Gasteiger partial charge is 0.303 e. The van der Waals surface area contributed by atoms with Crippen molar-refractivity contribution in [3.05, 3.63) is 89.2 Å². The third-order valence-electron chi connectivity index (χ3n) is 8.49. The van der Waals surface area contributed by atoms with Crippen molar-refractivity contribution in [3.63, 3.8) is 0 Å². The molecule has 1 fully saturated rings. The van der Waals surface area contributed by atoms with E-state index in [-0.39, 0.29) is 23.6 Å². The van der Waals surface area contributed by atoms with Gasteiger partial charge in [0.05, 0.1) is 13.5 Å². The van der Waals surface area contributed by atoms with Crippen LogP contribution < -0.4 is 9.47 Å². The molecular weight excluding hydrogens is 491 g/mol. The number of rotatable bonds is 10. The molecule has 3 aromatic carbocycles. The molecule has 0 aromatic heterocycles. The van der Waals surface area contributed by atoms with E-state index in [9.17, 15) is 9.90 Å². The summed E-state index contributed by atoms with van der Waals surface area (Å²) >= 11 is 0. The molecule has 1 atom stereocenters. The number of carboxylic acids is 1. The van der Waals surface area contributed by atoms with Crippen LogP contribution in [-0.4, -0.2) is 18.2 Å². The van der Waals surface area contributed by atoms with Crippen LogP contribution in [0.2, 0.25) is 0 Å². The normalized spacial score (nSPS) is 17.3. The summed E-state index contributed by atoms with van der Waals surface area (Å²) in [5.74, 6) is 0.741. The summed E-state index contributed by atoms with van der Waals surface area (Å²) in [4.78, 5) is 11.5. The molecule has 0 bridgehead atoms. The molecule has 5 rings (SSSR count). The number of methoxy groups -OCH3 is 1. The molecule has 1 saturated carbocycles. The second kappa shape index (κ2) is 11.3. The monoisotopic (exact) mass is 528 g/mol. The maximum atomic E-state index is 15.1. The van der Waals surface area contributed by atoms with Gasteiger partial charge < -0.3 is 14.6 Å². The molecule has 2 aliphatic rings. The Balaban J connectivity index is 1.43. The maximum Gasteiger partial charge on any atom is 0.303 e. The quantitative estimate of drug-likeness (QED) is 0.286. The van der Waals surface area contributed by atoms with Crippen LogP contribution in [0.5, 0.6) is 11.5 Å². The molecule has 0 unspecified atom stereocenters. The number of benzene rings is 3. The Kier molecular flexibility index (Phi) is 7.79. The Bertz CT molecular complexity index is 1390. The second-order valence-electron chi connectivity index (χ2n) is 11.5. The van der Waals surface area contributed by atoms with Crippen molar-refractivity contribution in [2.75, 3.05) is 7.11 Å². The van der Waals surface area contributed by atoms with Gasteiger partial charge in [-0.15, -0.1) is 0 Å². The van der Waals surface area contributed by atoms with Gasteiger partial charge in [-0.1, -0.05) is 50.6 Å². The van der Waals surface area contributed by atoms with E-state index in [0.717, 1.165) is 53.7 Å². The summed E-state index contributed by atoms with van der Waals surface area (Å²) in [6.45, 7) is 4.84. The van der Waals surface area contributed by atoms with Crippen molar-refractivity contribution in [3.8, 4) is 22.6 Å². The number of hydrogen-bond donors (Lipinski definition) is 1. The number of carbonyl (C=O) groups is 1. The van der Waals surface area contributed by atoms with Gasteiger partial charge in [0.1, 0.15) is 23.9 Å². The van der Waals surface area contributed by atoms with E-state index in [1.165, 1.54) is 18.1 Å². The lowest BCUT2D eigenvalue weighted by Crippen LogP contribution is -2.22. The minimum Gasteiger partial charge on any atom is -0.497 e. The Hall–Kier alpha value is -3.60. The van der Waals surface area contributed by atoms with Crippen LogP contribution in [0.4, 0.5) is 4.39 Å². The van der Waals surface area contributed by atoms with Gasteiger partial charge in [-0.2, -0.15) is 0 Å². The average molecular weight is 529 g/mol. The van der Waals surface area contributed by atoms with E-state index in [0.29, 0.717) is 23.8 Å². The topological polar surface area (TPSA) is 55.8 Å². The highest BCUT2D eigenvalue weighted by atomic mass is 19.1. The molecule has 2 aliphatic carbocycles. The van der Waals surface area contributed by atoms with Gasteiger partial charge in [-0.25, -0.2) is 4.39 Å². The first-order valence-electron chi connectivity index (χ1n) is 13.9. The van der Waals surface area contributed by atoms with Gasteiger partial charge in [-0.3, -0.25) is 4.79 Å². The van der Waals surface area contributed by atoms with Crippen LogP contribution in [-0.2, 0) is 11.4 Å². The Labute approximate surface area is 230 Å². The molecule has 0 saturated heterocycles. The average Bonchev–Trinajstić information content (AvgIpc) is 3.25. The number of halogens is 1. The highest BCUT2D eigenvalue weighted by Gasteiger charge is 2.31. The minimum atomic E-state index is -0.762. The van der Waals surface area contributed by atoms with Crippen LogP contribution in [0.25, 0.3) is 16.7 Å². The zero-order valence-electron chi connectivity index (χ0n) is 23.0. The Morgan fingerprint density at radius 1 is 1.03 bits per heavy atom. The molecule has 0 amide bonds. The van der Waals surface area contributed by atoms with Crippen LogP contribution in [0.1, 0.15) is 75.0 Å². The van der Waals surface area contributed by atoms with Crippen LogP contribution in [0.3, 0.4) is 0 Å². The second-order valence-corrected chi connectivity index (χ2v) is 11.5. The predicted octanol–water partition coefficient (Wildman–Crippen LogP) is 8.64. The molecular formula is C34H37FO4. The van der Waals surface area contributed by atoms with Crippen molar-refractivity contribution in [2.45, 2.75) is 64.9 Å². The third-order valence-corrected chi connectivity index (χ3v) is 8.49. The van der Waals surface area contributed by atoms with Gasteiger partial charge in [-0.05, 0) is 107 Å². The van der Waals surface area contributed by atoms with Crippen molar-refractivity contribution in [2.24, 2.45) is 11.3 Å². The molecule has 204 valence electrons. The van der Waals surface area contributed by atoms with Crippen LogP contribution in [0, 0.1) is 17.2 Å². The minimum absolute atomic E-state index is 0.0139. The molecule has 5 heteroatoms. The van der Waals surface area contributed by atoms with E-state index in [2.05, 4.69) is 26.0 Å². The lowest BCUT2D eigenvalue weighted by Gasteiger charge is -2.33. The van der Waals surface area contributed by atoms with Crippen molar-refractivity contribution >= 4 is 11.5 Å². The lowest BCUT2D eigenvalue weighted by atomic mass is 9.72. The highest BCUT2D eigenvalue weighted by molar-refractivity contribution is 5.85. The van der Waals surface area contributed by atoms with E-state index < -0.39 is 5.97 Å². The van der Waals surface area contributed by atoms with Crippen molar-refractivity contribution < 1.29 is 23.8 Å². The number of ether oxygens (including phenoxy) is 2. The fraction of sp³-hybridized carbons (Fsp3) is 0.382. The summed E-state index contributed by atoms with van der Waals surface area (Å²) in [6.07, 6.45) is 7.79. The molecule has 39 heavy (non-hydrogen) atoms. The van der Waals surface area contributed by atoms with Gasteiger partial charge in [0.2, 0.25) is 0 Å². The van der Waals surface area contributed by atoms with Gasteiger partial charge in [0.15, 0.2) is 0 Å². The summed E-state index contributed by atoms with van der Waals surface area (Å²) in [6, 6.07) is 18.8. The van der Waals surface area contributed by atoms with Gasteiger partial charge in [0, 0.05) is 5.56 Å². The van der Waals surface area contributed by atoms with Gasteiger partial charge in [0.25, 0.3) is 0 Å². The number of carboxylic acid groups (broad SMARTS) is 1. The molecule has 0 radical (unpaired) electrons. The zero-order valence-corrected chi connectivity index (χ0v) is 23.0. The van der Waals surface area contributed by atoms with Gasteiger partial charge >= 0.3 is 5.97 Å². The first-order chi connectivity index (χ1) is 18.7. The van der Waals surface area contributed by atoms with Crippen LogP contribution in [0.15, 0.2) is 66.7 Å². The van der Waals surface area contributed by atoms with Crippen molar-refractivity contribution in [1.82, 2.24) is 0 Å². The van der Waals surface area contributed by atoms with E-state index in [1.54, 1.807) is 19.2 Å². The summed E-state index contributed by atoms with van der Waals surface area (Å²) in [5.41, 5.74) is 5.61.